The molecule has 1 heterocycles. The zero-order valence-electron chi connectivity index (χ0n) is 11.3. The number of rotatable bonds is 5. The Morgan fingerprint density at radius 1 is 0.889 bits per heavy atom. The van der Waals surface area contributed by atoms with Crippen molar-refractivity contribution in [3.63, 3.8) is 0 Å². The smallest absolute Gasteiger partial charge is 0.0702 e. The summed E-state index contributed by atoms with van der Waals surface area (Å²) in [7, 11) is 0. The van der Waals surface area contributed by atoms with Gasteiger partial charge in [-0.25, -0.2) is 0 Å². The van der Waals surface area contributed by atoms with Crippen molar-refractivity contribution in [2.45, 2.75) is 39.5 Å². The SMILES string of the molecule is CCCCc1ccc(-c2ccc(CC)cn2)cc1. The highest BCUT2D eigenvalue weighted by Gasteiger charge is 1.99. The molecule has 18 heavy (non-hydrogen) atoms. The maximum atomic E-state index is 4.51. The number of aromatic nitrogens is 1. The molecule has 1 nitrogen and oxygen atoms in total. The van der Waals surface area contributed by atoms with Gasteiger partial charge in [0.25, 0.3) is 0 Å². The Bertz CT molecular complexity index is 468. The summed E-state index contributed by atoms with van der Waals surface area (Å²) in [6, 6.07) is 13.1. The number of nitrogens with zero attached hydrogens (tertiary/aromatic N) is 1. The molecule has 0 amide bonds. The van der Waals surface area contributed by atoms with Gasteiger partial charge in [0.05, 0.1) is 5.69 Å². The predicted octanol–water partition coefficient (Wildman–Crippen LogP) is 4.65. The van der Waals surface area contributed by atoms with Gasteiger partial charge in [0, 0.05) is 11.8 Å². The number of pyridine rings is 1. The predicted molar refractivity (Wildman–Crippen MR) is 77.7 cm³/mol. The van der Waals surface area contributed by atoms with Gasteiger partial charge in [-0.1, -0.05) is 50.6 Å². The van der Waals surface area contributed by atoms with Crippen LogP contribution in [0.3, 0.4) is 0 Å². The quantitative estimate of drug-likeness (QED) is 0.740. The molecular formula is C17H21N. The standard InChI is InChI=1S/C17H21N/c1-3-5-6-15-7-10-16(11-8-15)17-12-9-14(4-2)13-18-17/h7-13H,3-6H2,1-2H3. The van der Waals surface area contributed by atoms with Gasteiger partial charge in [-0.2, -0.15) is 0 Å². The van der Waals surface area contributed by atoms with Gasteiger partial charge < -0.3 is 0 Å². The lowest BCUT2D eigenvalue weighted by Gasteiger charge is -2.04. The summed E-state index contributed by atoms with van der Waals surface area (Å²) in [6.07, 6.45) is 6.72. The van der Waals surface area contributed by atoms with Crippen molar-refractivity contribution in [1.29, 1.82) is 0 Å². The van der Waals surface area contributed by atoms with Crippen LogP contribution in [0.25, 0.3) is 11.3 Å². The van der Waals surface area contributed by atoms with Crippen LogP contribution in [0.1, 0.15) is 37.8 Å². The van der Waals surface area contributed by atoms with Gasteiger partial charge in [-0.05, 0) is 36.5 Å². The van der Waals surface area contributed by atoms with Gasteiger partial charge in [0.15, 0.2) is 0 Å². The molecule has 0 bridgehead atoms. The molecule has 94 valence electrons. The van der Waals surface area contributed by atoms with Crippen molar-refractivity contribution < 1.29 is 0 Å². The molecule has 0 atom stereocenters. The topological polar surface area (TPSA) is 12.9 Å². The fourth-order valence-corrected chi connectivity index (χ4v) is 2.03. The van der Waals surface area contributed by atoms with Gasteiger partial charge in [-0.3, -0.25) is 4.98 Å². The monoisotopic (exact) mass is 239 g/mol. The van der Waals surface area contributed by atoms with Crippen molar-refractivity contribution >= 4 is 0 Å². The lowest BCUT2D eigenvalue weighted by molar-refractivity contribution is 0.795. The van der Waals surface area contributed by atoms with E-state index >= 15 is 0 Å². The Balaban J connectivity index is 2.12. The van der Waals surface area contributed by atoms with E-state index in [1.807, 2.05) is 6.20 Å². The number of hydrogen-bond acceptors (Lipinski definition) is 1. The first-order valence-corrected chi connectivity index (χ1v) is 6.87. The average Bonchev–Trinajstić information content (AvgIpc) is 2.46. The lowest BCUT2D eigenvalue weighted by atomic mass is 10.0. The van der Waals surface area contributed by atoms with E-state index in [2.05, 4.69) is 55.2 Å². The molecule has 0 saturated heterocycles. The fourth-order valence-electron chi connectivity index (χ4n) is 2.03. The van der Waals surface area contributed by atoms with Crippen molar-refractivity contribution in [1.82, 2.24) is 4.98 Å². The first kappa shape index (κ1) is 12.8. The molecule has 0 N–H and O–H groups in total. The first-order valence-electron chi connectivity index (χ1n) is 6.87. The van der Waals surface area contributed by atoms with Crippen LogP contribution in [0.5, 0.6) is 0 Å². The van der Waals surface area contributed by atoms with Crippen LogP contribution in [0.15, 0.2) is 42.6 Å². The van der Waals surface area contributed by atoms with E-state index in [9.17, 15) is 0 Å². The Labute approximate surface area is 110 Å². The van der Waals surface area contributed by atoms with Gasteiger partial charge in [-0.15, -0.1) is 0 Å². The van der Waals surface area contributed by atoms with E-state index in [0.29, 0.717) is 0 Å². The van der Waals surface area contributed by atoms with Gasteiger partial charge in [0.2, 0.25) is 0 Å². The summed E-state index contributed by atoms with van der Waals surface area (Å²) in [5.74, 6) is 0. The number of benzene rings is 1. The second kappa shape index (κ2) is 6.34. The minimum atomic E-state index is 1.04. The molecule has 1 aromatic heterocycles. The first-order chi connectivity index (χ1) is 8.83. The van der Waals surface area contributed by atoms with Gasteiger partial charge in [0.1, 0.15) is 0 Å². The molecule has 0 radical (unpaired) electrons. The van der Waals surface area contributed by atoms with E-state index < -0.39 is 0 Å². The van der Waals surface area contributed by atoms with Gasteiger partial charge >= 0.3 is 0 Å². The lowest BCUT2D eigenvalue weighted by Crippen LogP contribution is -1.88. The Morgan fingerprint density at radius 3 is 2.17 bits per heavy atom. The number of hydrogen-bond donors (Lipinski definition) is 0. The second-order valence-corrected chi connectivity index (χ2v) is 4.71. The third-order valence-electron chi connectivity index (χ3n) is 3.30. The highest BCUT2D eigenvalue weighted by atomic mass is 14.7. The van der Waals surface area contributed by atoms with Crippen LogP contribution in [-0.2, 0) is 12.8 Å². The molecule has 0 spiro atoms. The Morgan fingerprint density at radius 2 is 1.61 bits per heavy atom. The maximum Gasteiger partial charge on any atom is 0.0702 e. The van der Waals surface area contributed by atoms with Crippen LogP contribution in [0.2, 0.25) is 0 Å². The van der Waals surface area contributed by atoms with Crippen LogP contribution >= 0.6 is 0 Å². The van der Waals surface area contributed by atoms with E-state index in [0.717, 1.165) is 12.1 Å². The van der Waals surface area contributed by atoms with Crippen LogP contribution in [0.4, 0.5) is 0 Å². The molecule has 1 heteroatoms. The van der Waals surface area contributed by atoms with E-state index in [-0.39, 0.29) is 0 Å². The minimum Gasteiger partial charge on any atom is -0.256 e. The zero-order valence-corrected chi connectivity index (χ0v) is 11.3. The molecule has 1 aromatic carbocycles. The zero-order chi connectivity index (χ0) is 12.8. The summed E-state index contributed by atoms with van der Waals surface area (Å²) in [5.41, 5.74) is 4.98. The third kappa shape index (κ3) is 3.19. The van der Waals surface area contributed by atoms with E-state index in [1.54, 1.807) is 0 Å². The highest BCUT2D eigenvalue weighted by Crippen LogP contribution is 2.18. The largest absolute Gasteiger partial charge is 0.256 e. The number of unbranched alkanes of at least 4 members (excludes halogenated alkanes) is 1. The molecule has 0 saturated carbocycles. The Hall–Kier alpha value is -1.63. The fraction of sp³-hybridized carbons (Fsp3) is 0.353. The summed E-state index contributed by atoms with van der Waals surface area (Å²) < 4.78 is 0. The maximum absolute atomic E-state index is 4.51. The molecule has 0 unspecified atom stereocenters. The summed E-state index contributed by atoms with van der Waals surface area (Å²) in [4.78, 5) is 4.51. The van der Waals surface area contributed by atoms with E-state index in [1.165, 1.54) is 36.0 Å². The second-order valence-electron chi connectivity index (χ2n) is 4.71. The normalized spacial score (nSPS) is 10.6. The Kier molecular flexibility index (Phi) is 4.52. The minimum absolute atomic E-state index is 1.04. The third-order valence-corrected chi connectivity index (χ3v) is 3.30. The summed E-state index contributed by atoms with van der Waals surface area (Å²) in [6.45, 7) is 4.38. The highest BCUT2D eigenvalue weighted by molar-refractivity contribution is 5.59. The summed E-state index contributed by atoms with van der Waals surface area (Å²) in [5, 5.41) is 0. The van der Waals surface area contributed by atoms with Crippen LogP contribution in [0, 0.1) is 0 Å². The molecule has 2 aromatic rings. The van der Waals surface area contributed by atoms with Crippen molar-refractivity contribution in [3.05, 3.63) is 53.7 Å². The van der Waals surface area contributed by atoms with Crippen LogP contribution < -0.4 is 0 Å². The molecule has 0 aliphatic heterocycles. The van der Waals surface area contributed by atoms with E-state index in [4.69, 9.17) is 0 Å². The number of aryl methyl sites for hydroxylation is 2. The molecule has 0 aliphatic carbocycles. The molecule has 2 rings (SSSR count). The molecule has 0 aliphatic rings. The average molecular weight is 239 g/mol. The summed E-state index contributed by atoms with van der Waals surface area (Å²) >= 11 is 0. The van der Waals surface area contributed by atoms with Crippen molar-refractivity contribution in [3.8, 4) is 11.3 Å². The van der Waals surface area contributed by atoms with Crippen molar-refractivity contribution in [2.24, 2.45) is 0 Å². The van der Waals surface area contributed by atoms with Crippen molar-refractivity contribution in [2.75, 3.05) is 0 Å². The molecule has 0 fully saturated rings. The molecular weight excluding hydrogens is 218 g/mol. The van der Waals surface area contributed by atoms with Crippen LogP contribution in [-0.4, -0.2) is 4.98 Å².